The zero-order valence-corrected chi connectivity index (χ0v) is 14.1. The number of benzene rings is 1. The number of carbonyl (C=O) groups is 1. The summed E-state index contributed by atoms with van der Waals surface area (Å²) in [7, 11) is 0. The number of amides is 1. The Labute approximate surface area is 143 Å². The highest BCUT2D eigenvalue weighted by Crippen LogP contribution is 2.35. The monoisotopic (exact) mass is 341 g/mol. The molecule has 1 aromatic carbocycles. The highest BCUT2D eigenvalue weighted by atomic mass is 32.1. The SMILES string of the molecule is O=C(CCCc1nc2ccccc2s1)NCc1nncn1C1CC1. The van der Waals surface area contributed by atoms with Crippen molar-refractivity contribution in [3.8, 4) is 0 Å². The van der Waals surface area contributed by atoms with Crippen LogP contribution < -0.4 is 5.32 Å². The lowest BCUT2D eigenvalue weighted by Crippen LogP contribution is -2.24. The van der Waals surface area contributed by atoms with Gasteiger partial charge in [-0.2, -0.15) is 0 Å². The molecule has 0 radical (unpaired) electrons. The van der Waals surface area contributed by atoms with Gasteiger partial charge in [-0.15, -0.1) is 21.5 Å². The van der Waals surface area contributed by atoms with E-state index in [1.165, 1.54) is 17.5 Å². The molecule has 6 nitrogen and oxygen atoms in total. The first kappa shape index (κ1) is 15.3. The van der Waals surface area contributed by atoms with Crippen LogP contribution >= 0.6 is 11.3 Å². The van der Waals surface area contributed by atoms with Gasteiger partial charge in [-0.1, -0.05) is 12.1 Å². The number of thiazole rings is 1. The van der Waals surface area contributed by atoms with Crippen molar-refractivity contribution in [3.05, 3.63) is 41.4 Å². The Bertz CT molecular complexity index is 818. The van der Waals surface area contributed by atoms with E-state index in [4.69, 9.17) is 0 Å². The first-order valence-corrected chi connectivity index (χ1v) is 9.11. The highest BCUT2D eigenvalue weighted by molar-refractivity contribution is 7.18. The summed E-state index contributed by atoms with van der Waals surface area (Å²) in [6, 6.07) is 8.67. The van der Waals surface area contributed by atoms with Crippen LogP contribution in [-0.4, -0.2) is 25.7 Å². The first-order chi connectivity index (χ1) is 11.8. The third-order valence-corrected chi connectivity index (χ3v) is 5.26. The number of aryl methyl sites for hydroxylation is 1. The molecule has 2 heterocycles. The number of carbonyl (C=O) groups excluding carboxylic acids is 1. The van der Waals surface area contributed by atoms with Crippen molar-refractivity contribution in [2.45, 2.75) is 44.7 Å². The molecule has 124 valence electrons. The Balaban J connectivity index is 1.23. The minimum absolute atomic E-state index is 0.0569. The lowest BCUT2D eigenvalue weighted by molar-refractivity contribution is -0.121. The van der Waals surface area contributed by atoms with Crippen molar-refractivity contribution in [1.29, 1.82) is 0 Å². The molecule has 3 aromatic rings. The van der Waals surface area contributed by atoms with Crippen molar-refractivity contribution in [1.82, 2.24) is 25.1 Å². The third kappa shape index (κ3) is 3.46. The molecule has 1 saturated carbocycles. The van der Waals surface area contributed by atoms with Gasteiger partial charge in [-0.25, -0.2) is 4.98 Å². The molecule has 4 rings (SSSR count). The van der Waals surface area contributed by atoms with Gasteiger partial charge < -0.3 is 9.88 Å². The van der Waals surface area contributed by atoms with E-state index in [0.717, 1.165) is 29.2 Å². The number of aromatic nitrogens is 4. The number of hydrogen-bond donors (Lipinski definition) is 1. The summed E-state index contributed by atoms with van der Waals surface area (Å²) >= 11 is 1.71. The average molecular weight is 341 g/mol. The average Bonchev–Trinajstić information content (AvgIpc) is 3.18. The fourth-order valence-electron chi connectivity index (χ4n) is 2.74. The molecule has 1 fully saturated rings. The number of fused-ring (bicyclic) bond motifs is 1. The van der Waals surface area contributed by atoms with Crippen LogP contribution in [0, 0.1) is 0 Å². The van der Waals surface area contributed by atoms with Gasteiger partial charge in [-0.3, -0.25) is 4.79 Å². The third-order valence-electron chi connectivity index (χ3n) is 4.16. The van der Waals surface area contributed by atoms with Gasteiger partial charge in [0.15, 0.2) is 5.82 Å². The van der Waals surface area contributed by atoms with Crippen molar-refractivity contribution < 1.29 is 4.79 Å². The van der Waals surface area contributed by atoms with E-state index in [1.807, 2.05) is 18.2 Å². The smallest absolute Gasteiger partial charge is 0.220 e. The molecule has 0 saturated heterocycles. The molecular formula is C17H19N5OS. The van der Waals surface area contributed by atoms with Gasteiger partial charge in [0.1, 0.15) is 6.33 Å². The van der Waals surface area contributed by atoms with Gasteiger partial charge in [0.25, 0.3) is 0 Å². The lowest BCUT2D eigenvalue weighted by atomic mass is 10.2. The minimum atomic E-state index is 0.0569. The summed E-state index contributed by atoms with van der Waals surface area (Å²) in [6.07, 6.45) is 6.27. The number of nitrogens with zero attached hydrogens (tertiary/aromatic N) is 4. The molecule has 0 unspecified atom stereocenters. The molecule has 0 atom stereocenters. The molecule has 24 heavy (non-hydrogen) atoms. The molecule has 1 N–H and O–H groups in total. The van der Waals surface area contributed by atoms with Crippen molar-refractivity contribution in [3.63, 3.8) is 0 Å². The summed E-state index contributed by atoms with van der Waals surface area (Å²) in [5.41, 5.74) is 1.04. The second-order valence-corrected chi connectivity index (χ2v) is 7.21. The van der Waals surface area contributed by atoms with Gasteiger partial charge in [0.2, 0.25) is 5.91 Å². The van der Waals surface area contributed by atoms with Crippen LogP contribution in [0.2, 0.25) is 0 Å². The van der Waals surface area contributed by atoms with Gasteiger partial charge >= 0.3 is 0 Å². The molecule has 0 bridgehead atoms. The maximum Gasteiger partial charge on any atom is 0.220 e. The molecule has 1 aliphatic carbocycles. The standard InChI is InChI=1S/C17H19N5OS/c23-16(18-10-15-21-19-11-22(15)12-8-9-12)6-3-7-17-20-13-4-1-2-5-14(13)24-17/h1-2,4-5,11-12H,3,6-10H2,(H,18,23). The van der Waals surface area contributed by atoms with Crippen LogP contribution in [0.5, 0.6) is 0 Å². The van der Waals surface area contributed by atoms with Crippen molar-refractivity contribution in [2.24, 2.45) is 0 Å². The predicted molar refractivity (Wildman–Crippen MR) is 92.7 cm³/mol. The van der Waals surface area contributed by atoms with Crippen molar-refractivity contribution >= 4 is 27.5 Å². The first-order valence-electron chi connectivity index (χ1n) is 8.29. The van der Waals surface area contributed by atoms with E-state index in [9.17, 15) is 4.79 Å². The fraction of sp³-hybridized carbons (Fsp3) is 0.412. The maximum atomic E-state index is 12.0. The van der Waals surface area contributed by atoms with Crippen LogP contribution in [0.25, 0.3) is 10.2 Å². The Morgan fingerprint density at radius 3 is 3.04 bits per heavy atom. The number of para-hydroxylation sites is 1. The normalized spacial score (nSPS) is 14.2. The van der Waals surface area contributed by atoms with Crippen LogP contribution in [-0.2, 0) is 17.8 Å². The largest absolute Gasteiger partial charge is 0.349 e. The van der Waals surface area contributed by atoms with Gasteiger partial charge in [0, 0.05) is 12.5 Å². The van der Waals surface area contributed by atoms with E-state index in [-0.39, 0.29) is 5.91 Å². The Morgan fingerprint density at radius 2 is 2.21 bits per heavy atom. The fourth-order valence-corrected chi connectivity index (χ4v) is 3.75. The van der Waals surface area contributed by atoms with E-state index in [0.29, 0.717) is 19.0 Å². The Morgan fingerprint density at radius 1 is 1.33 bits per heavy atom. The summed E-state index contributed by atoms with van der Waals surface area (Å²) in [5, 5.41) is 12.1. The Hall–Kier alpha value is -2.28. The van der Waals surface area contributed by atoms with Crippen LogP contribution in [0.3, 0.4) is 0 Å². The number of hydrogen-bond acceptors (Lipinski definition) is 5. The van der Waals surface area contributed by atoms with Gasteiger partial charge in [-0.05, 0) is 37.8 Å². The van der Waals surface area contributed by atoms with Gasteiger partial charge in [0.05, 0.1) is 21.8 Å². The summed E-state index contributed by atoms with van der Waals surface area (Å²) in [4.78, 5) is 16.6. The topological polar surface area (TPSA) is 72.7 Å². The maximum absolute atomic E-state index is 12.0. The second kappa shape index (κ2) is 6.68. The van der Waals surface area contributed by atoms with Crippen LogP contribution in [0.15, 0.2) is 30.6 Å². The number of rotatable bonds is 7. The van der Waals surface area contributed by atoms with E-state index in [2.05, 4.69) is 31.1 Å². The van der Waals surface area contributed by atoms with Crippen molar-refractivity contribution in [2.75, 3.05) is 0 Å². The molecule has 1 amide bonds. The lowest BCUT2D eigenvalue weighted by Gasteiger charge is -2.06. The second-order valence-electron chi connectivity index (χ2n) is 6.09. The molecule has 0 aliphatic heterocycles. The Kier molecular flexibility index (Phi) is 4.25. The van der Waals surface area contributed by atoms with E-state index in [1.54, 1.807) is 17.7 Å². The molecular weight excluding hydrogens is 322 g/mol. The predicted octanol–water partition coefficient (Wildman–Crippen LogP) is 2.86. The zero-order valence-electron chi connectivity index (χ0n) is 13.3. The highest BCUT2D eigenvalue weighted by Gasteiger charge is 2.25. The zero-order chi connectivity index (χ0) is 16.4. The minimum Gasteiger partial charge on any atom is -0.349 e. The van der Waals surface area contributed by atoms with Crippen LogP contribution in [0.1, 0.15) is 42.6 Å². The molecule has 2 aromatic heterocycles. The van der Waals surface area contributed by atoms with Crippen LogP contribution in [0.4, 0.5) is 0 Å². The van der Waals surface area contributed by atoms with E-state index >= 15 is 0 Å². The summed E-state index contributed by atoms with van der Waals surface area (Å²) in [5.74, 6) is 0.901. The summed E-state index contributed by atoms with van der Waals surface area (Å²) in [6.45, 7) is 0.455. The molecule has 1 aliphatic rings. The van der Waals surface area contributed by atoms with E-state index < -0.39 is 0 Å². The quantitative estimate of drug-likeness (QED) is 0.717. The molecule has 0 spiro atoms. The molecule has 7 heteroatoms. The summed E-state index contributed by atoms with van der Waals surface area (Å²) < 4.78 is 3.28. The number of nitrogens with one attached hydrogen (secondary N) is 1.